The van der Waals surface area contributed by atoms with Gasteiger partial charge >= 0.3 is 0 Å². The molecule has 0 aliphatic rings. The van der Waals surface area contributed by atoms with Crippen LogP contribution in [-0.2, 0) is 9.59 Å². The van der Waals surface area contributed by atoms with Crippen molar-refractivity contribution in [2.24, 2.45) is 5.10 Å². The third kappa shape index (κ3) is 6.39. The minimum absolute atomic E-state index is 0.0592. The predicted molar refractivity (Wildman–Crippen MR) is 101 cm³/mol. The monoisotopic (exact) mass is 357 g/mol. The fourth-order valence-corrected chi connectivity index (χ4v) is 2.41. The van der Waals surface area contributed by atoms with Crippen LogP contribution in [0.1, 0.15) is 29.5 Å². The average Bonchev–Trinajstić information content (AvgIpc) is 2.56. The van der Waals surface area contributed by atoms with E-state index in [1.54, 1.807) is 18.2 Å². The molecule has 0 unspecified atom stereocenters. The molecule has 0 saturated heterocycles. The Balaban J connectivity index is 1.76. The molecule has 0 aliphatic heterocycles. The van der Waals surface area contributed by atoms with Crippen molar-refractivity contribution < 1.29 is 9.59 Å². The van der Waals surface area contributed by atoms with Crippen LogP contribution in [0.5, 0.6) is 0 Å². The van der Waals surface area contributed by atoms with E-state index in [1.807, 2.05) is 38.1 Å². The van der Waals surface area contributed by atoms with Crippen molar-refractivity contribution in [1.29, 1.82) is 0 Å². The average molecular weight is 358 g/mol. The van der Waals surface area contributed by atoms with Crippen LogP contribution in [-0.4, -0.2) is 18.0 Å². The highest BCUT2D eigenvalue weighted by atomic mass is 35.5. The topological polar surface area (TPSA) is 70.6 Å². The number of aryl methyl sites for hydroxylation is 2. The molecule has 0 saturated carbocycles. The zero-order valence-electron chi connectivity index (χ0n) is 14.2. The number of rotatable bonds is 6. The Kier molecular flexibility index (Phi) is 6.71. The lowest BCUT2D eigenvalue weighted by Gasteiger charge is -2.08. The highest BCUT2D eigenvalue weighted by Crippen LogP contribution is 2.16. The Hall–Kier alpha value is -2.66. The molecule has 0 heterocycles. The Labute approximate surface area is 152 Å². The van der Waals surface area contributed by atoms with E-state index in [1.165, 1.54) is 6.21 Å². The maximum Gasteiger partial charge on any atom is 0.240 e. The van der Waals surface area contributed by atoms with E-state index in [-0.39, 0.29) is 24.7 Å². The number of benzene rings is 2. The molecule has 130 valence electrons. The number of anilines is 1. The number of carbonyl (C=O) groups excluding carboxylic acids is 2. The summed E-state index contributed by atoms with van der Waals surface area (Å²) in [4.78, 5) is 23.7. The third-order valence-corrected chi connectivity index (χ3v) is 3.72. The number of carbonyl (C=O) groups is 2. The standard InChI is InChI=1S/C19H20ClN3O2/c1-13-6-7-17(14(2)10-13)22-18(24)8-9-19(25)23-21-12-15-4-3-5-16(20)11-15/h3-7,10-12H,8-9H2,1-2H3,(H,22,24)(H,23,25)/b21-12-. The molecule has 5 nitrogen and oxygen atoms in total. The molecule has 0 aromatic heterocycles. The lowest BCUT2D eigenvalue weighted by atomic mass is 10.1. The van der Waals surface area contributed by atoms with Crippen LogP contribution in [0, 0.1) is 13.8 Å². The van der Waals surface area contributed by atoms with Gasteiger partial charge in [-0.1, -0.05) is 41.4 Å². The fraction of sp³-hybridized carbons (Fsp3) is 0.211. The largest absolute Gasteiger partial charge is 0.326 e. The van der Waals surface area contributed by atoms with E-state index in [4.69, 9.17) is 11.6 Å². The molecule has 25 heavy (non-hydrogen) atoms. The van der Waals surface area contributed by atoms with Crippen LogP contribution in [0.15, 0.2) is 47.6 Å². The molecule has 0 atom stereocenters. The smallest absolute Gasteiger partial charge is 0.240 e. The van der Waals surface area contributed by atoms with Gasteiger partial charge in [-0.05, 0) is 43.2 Å². The van der Waals surface area contributed by atoms with E-state index in [2.05, 4.69) is 15.8 Å². The number of halogens is 1. The minimum Gasteiger partial charge on any atom is -0.326 e. The molecule has 2 rings (SSSR count). The lowest BCUT2D eigenvalue weighted by Crippen LogP contribution is -2.20. The SMILES string of the molecule is Cc1ccc(NC(=O)CCC(=O)N/N=C\c2cccc(Cl)c2)c(C)c1. The fourth-order valence-electron chi connectivity index (χ4n) is 2.22. The second kappa shape index (κ2) is 8.99. The summed E-state index contributed by atoms with van der Waals surface area (Å²) in [5, 5.41) is 7.26. The van der Waals surface area contributed by atoms with Crippen molar-refractivity contribution in [3.63, 3.8) is 0 Å². The minimum atomic E-state index is -0.325. The van der Waals surface area contributed by atoms with Gasteiger partial charge in [-0.15, -0.1) is 0 Å². The van der Waals surface area contributed by atoms with Crippen molar-refractivity contribution in [3.05, 3.63) is 64.2 Å². The van der Waals surface area contributed by atoms with Gasteiger partial charge in [0, 0.05) is 23.6 Å². The van der Waals surface area contributed by atoms with Gasteiger partial charge < -0.3 is 5.32 Å². The lowest BCUT2D eigenvalue weighted by molar-refractivity contribution is -0.124. The summed E-state index contributed by atoms with van der Waals surface area (Å²) in [5.41, 5.74) is 6.06. The molecule has 2 aromatic rings. The summed E-state index contributed by atoms with van der Waals surface area (Å²) in [6.07, 6.45) is 1.65. The van der Waals surface area contributed by atoms with Crippen molar-refractivity contribution in [2.75, 3.05) is 5.32 Å². The van der Waals surface area contributed by atoms with E-state index in [0.717, 1.165) is 22.4 Å². The van der Waals surface area contributed by atoms with Gasteiger partial charge in [0.1, 0.15) is 0 Å². The molecule has 0 radical (unpaired) electrons. The Bertz CT molecular complexity index is 803. The normalized spacial score (nSPS) is 10.7. The van der Waals surface area contributed by atoms with Gasteiger partial charge in [0.05, 0.1) is 6.21 Å². The number of hydrazone groups is 1. The summed E-state index contributed by atoms with van der Waals surface area (Å²) in [6.45, 7) is 3.92. The number of hydrogen-bond acceptors (Lipinski definition) is 3. The molecular weight excluding hydrogens is 338 g/mol. The van der Waals surface area contributed by atoms with Crippen LogP contribution >= 0.6 is 11.6 Å². The number of hydrogen-bond donors (Lipinski definition) is 2. The van der Waals surface area contributed by atoms with Crippen molar-refractivity contribution in [3.8, 4) is 0 Å². The number of nitrogens with zero attached hydrogens (tertiary/aromatic N) is 1. The van der Waals surface area contributed by atoms with Crippen LogP contribution in [0.25, 0.3) is 0 Å². The molecule has 0 spiro atoms. The first-order valence-electron chi connectivity index (χ1n) is 7.88. The predicted octanol–water partition coefficient (Wildman–Crippen LogP) is 3.83. The molecule has 2 aromatic carbocycles. The van der Waals surface area contributed by atoms with Gasteiger partial charge in [0.2, 0.25) is 11.8 Å². The highest BCUT2D eigenvalue weighted by Gasteiger charge is 2.08. The summed E-state index contributed by atoms with van der Waals surface area (Å²) in [7, 11) is 0. The molecule has 2 amide bonds. The van der Waals surface area contributed by atoms with Crippen molar-refractivity contribution >= 4 is 35.3 Å². The zero-order chi connectivity index (χ0) is 18.2. The molecule has 2 N–H and O–H groups in total. The Morgan fingerprint density at radius 3 is 2.56 bits per heavy atom. The highest BCUT2D eigenvalue weighted by molar-refractivity contribution is 6.30. The van der Waals surface area contributed by atoms with Crippen LogP contribution in [0.4, 0.5) is 5.69 Å². The second-order valence-electron chi connectivity index (χ2n) is 5.71. The first kappa shape index (κ1) is 18.7. The summed E-state index contributed by atoms with van der Waals surface area (Å²) >= 11 is 5.86. The van der Waals surface area contributed by atoms with E-state index < -0.39 is 0 Å². The third-order valence-electron chi connectivity index (χ3n) is 3.49. The molecule has 6 heteroatoms. The van der Waals surface area contributed by atoms with Gasteiger partial charge in [0.15, 0.2) is 0 Å². The van der Waals surface area contributed by atoms with Gasteiger partial charge in [-0.3, -0.25) is 9.59 Å². The van der Waals surface area contributed by atoms with Gasteiger partial charge in [0.25, 0.3) is 0 Å². The quantitative estimate of drug-likeness (QED) is 0.609. The molecular formula is C19H20ClN3O2. The first-order valence-corrected chi connectivity index (χ1v) is 8.26. The maximum absolute atomic E-state index is 11.9. The number of amides is 2. The molecule has 0 fully saturated rings. The summed E-state index contributed by atoms with van der Waals surface area (Å²) in [5.74, 6) is -0.532. The Morgan fingerprint density at radius 1 is 1.08 bits per heavy atom. The van der Waals surface area contributed by atoms with E-state index in [0.29, 0.717) is 5.02 Å². The summed E-state index contributed by atoms with van der Waals surface area (Å²) in [6, 6.07) is 12.9. The van der Waals surface area contributed by atoms with Crippen LogP contribution in [0.3, 0.4) is 0 Å². The second-order valence-corrected chi connectivity index (χ2v) is 6.15. The van der Waals surface area contributed by atoms with E-state index >= 15 is 0 Å². The van der Waals surface area contributed by atoms with Crippen molar-refractivity contribution in [2.45, 2.75) is 26.7 Å². The van der Waals surface area contributed by atoms with Crippen LogP contribution < -0.4 is 10.7 Å². The molecule has 0 aliphatic carbocycles. The Morgan fingerprint density at radius 2 is 1.84 bits per heavy atom. The molecule has 0 bridgehead atoms. The van der Waals surface area contributed by atoms with Gasteiger partial charge in [-0.25, -0.2) is 5.43 Å². The maximum atomic E-state index is 11.9. The number of nitrogens with one attached hydrogen (secondary N) is 2. The van der Waals surface area contributed by atoms with Gasteiger partial charge in [-0.2, -0.15) is 5.10 Å². The zero-order valence-corrected chi connectivity index (χ0v) is 14.9. The first-order chi connectivity index (χ1) is 11.9. The van der Waals surface area contributed by atoms with Crippen molar-refractivity contribution in [1.82, 2.24) is 5.43 Å². The van der Waals surface area contributed by atoms with Crippen LogP contribution in [0.2, 0.25) is 5.02 Å². The van der Waals surface area contributed by atoms with E-state index in [9.17, 15) is 9.59 Å². The summed E-state index contributed by atoms with van der Waals surface area (Å²) < 4.78 is 0.